The Morgan fingerprint density at radius 1 is 1.37 bits per heavy atom. The minimum Gasteiger partial charge on any atom is -0.481 e. The molecule has 1 saturated heterocycles. The van der Waals surface area contributed by atoms with Gasteiger partial charge in [-0.2, -0.15) is 0 Å². The Labute approximate surface area is 110 Å². The van der Waals surface area contributed by atoms with Crippen molar-refractivity contribution in [3.63, 3.8) is 0 Å². The SMILES string of the molecule is CC(C(=O)O)c1ccccc1N1CC(=O)NCC1=O. The van der Waals surface area contributed by atoms with Gasteiger partial charge in [0.05, 0.1) is 12.5 Å². The van der Waals surface area contributed by atoms with Crippen LogP contribution < -0.4 is 10.2 Å². The molecule has 0 aromatic heterocycles. The smallest absolute Gasteiger partial charge is 0.310 e. The molecule has 1 fully saturated rings. The van der Waals surface area contributed by atoms with Gasteiger partial charge in [-0.15, -0.1) is 0 Å². The van der Waals surface area contributed by atoms with Gasteiger partial charge in [-0.1, -0.05) is 18.2 Å². The van der Waals surface area contributed by atoms with E-state index in [1.807, 2.05) is 0 Å². The Morgan fingerprint density at radius 2 is 2.05 bits per heavy atom. The van der Waals surface area contributed by atoms with Crippen LogP contribution in [0, 0.1) is 0 Å². The number of nitrogens with one attached hydrogen (secondary N) is 1. The van der Waals surface area contributed by atoms with E-state index >= 15 is 0 Å². The largest absolute Gasteiger partial charge is 0.481 e. The maximum atomic E-state index is 11.8. The van der Waals surface area contributed by atoms with Gasteiger partial charge in [-0.05, 0) is 18.6 Å². The average molecular weight is 262 g/mol. The van der Waals surface area contributed by atoms with Gasteiger partial charge >= 0.3 is 5.97 Å². The van der Waals surface area contributed by atoms with Crippen molar-refractivity contribution < 1.29 is 19.5 Å². The molecule has 19 heavy (non-hydrogen) atoms. The highest BCUT2D eigenvalue weighted by molar-refractivity contribution is 6.05. The van der Waals surface area contributed by atoms with E-state index in [0.717, 1.165) is 0 Å². The summed E-state index contributed by atoms with van der Waals surface area (Å²) in [5.74, 6) is -2.21. The highest BCUT2D eigenvalue weighted by atomic mass is 16.4. The van der Waals surface area contributed by atoms with E-state index < -0.39 is 11.9 Å². The van der Waals surface area contributed by atoms with Crippen molar-refractivity contribution >= 4 is 23.5 Å². The van der Waals surface area contributed by atoms with Crippen molar-refractivity contribution in [1.29, 1.82) is 0 Å². The number of para-hydroxylation sites is 1. The highest BCUT2D eigenvalue weighted by Crippen LogP contribution is 2.28. The summed E-state index contributed by atoms with van der Waals surface area (Å²) >= 11 is 0. The second kappa shape index (κ2) is 5.09. The second-order valence-electron chi connectivity index (χ2n) is 4.38. The molecule has 1 unspecified atom stereocenters. The van der Waals surface area contributed by atoms with E-state index in [4.69, 9.17) is 5.11 Å². The number of benzene rings is 1. The first kappa shape index (κ1) is 13.1. The fourth-order valence-electron chi connectivity index (χ4n) is 2.01. The lowest BCUT2D eigenvalue weighted by Crippen LogP contribution is -2.52. The fourth-order valence-corrected chi connectivity index (χ4v) is 2.01. The van der Waals surface area contributed by atoms with Crippen LogP contribution in [-0.4, -0.2) is 36.0 Å². The number of aliphatic carboxylic acids is 1. The van der Waals surface area contributed by atoms with E-state index in [0.29, 0.717) is 11.3 Å². The number of amides is 2. The van der Waals surface area contributed by atoms with E-state index in [9.17, 15) is 14.4 Å². The number of carboxylic acids is 1. The number of carbonyl (C=O) groups excluding carboxylic acids is 2. The summed E-state index contributed by atoms with van der Waals surface area (Å²) < 4.78 is 0. The molecule has 2 amide bonds. The minimum absolute atomic E-state index is 0.0609. The van der Waals surface area contributed by atoms with Crippen molar-refractivity contribution in [1.82, 2.24) is 5.32 Å². The average Bonchev–Trinajstić information content (AvgIpc) is 2.40. The molecule has 0 spiro atoms. The predicted octanol–water partition coefficient (Wildman–Crippen LogP) is 0.337. The first-order valence-corrected chi connectivity index (χ1v) is 5.89. The molecule has 6 nitrogen and oxygen atoms in total. The molecule has 0 radical (unpaired) electrons. The molecule has 1 aromatic carbocycles. The van der Waals surface area contributed by atoms with Gasteiger partial charge in [0.1, 0.15) is 6.54 Å². The van der Waals surface area contributed by atoms with Crippen LogP contribution in [0.3, 0.4) is 0 Å². The van der Waals surface area contributed by atoms with E-state index in [2.05, 4.69) is 5.32 Å². The molecule has 6 heteroatoms. The zero-order chi connectivity index (χ0) is 14.0. The van der Waals surface area contributed by atoms with Crippen LogP contribution in [-0.2, 0) is 14.4 Å². The minimum atomic E-state index is -0.971. The van der Waals surface area contributed by atoms with Gasteiger partial charge < -0.3 is 15.3 Å². The number of carbonyl (C=O) groups is 3. The summed E-state index contributed by atoms with van der Waals surface area (Å²) in [6.07, 6.45) is 0. The third-order valence-electron chi connectivity index (χ3n) is 3.10. The zero-order valence-electron chi connectivity index (χ0n) is 10.4. The Hall–Kier alpha value is -2.37. The number of nitrogens with zero attached hydrogens (tertiary/aromatic N) is 1. The Bertz CT molecular complexity index is 541. The molecule has 100 valence electrons. The van der Waals surface area contributed by atoms with Gasteiger partial charge in [0.25, 0.3) is 0 Å². The summed E-state index contributed by atoms with van der Waals surface area (Å²) in [6, 6.07) is 6.75. The number of rotatable bonds is 3. The lowest BCUT2D eigenvalue weighted by Gasteiger charge is -2.29. The first-order valence-electron chi connectivity index (χ1n) is 5.89. The predicted molar refractivity (Wildman–Crippen MR) is 67.9 cm³/mol. The van der Waals surface area contributed by atoms with Crippen LogP contribution in [0.25, 0.3) is 0 Å². The lowest BCUT2D eigenvalue weighted by molar-refractivity contribution is -0.138. The molecular weight excluding hydrogens is 248 g/mol. The number of anilines is 1. The highest BCUT2D eigenvalue weighted by Gasteiger charge is 2.28. The van der Waals surface area contributed by atoms with E-state index in [1.54, 1.807) is 31.2 Å². The maximum Gasteiger partial charge on any atom is 0.310 e. The van der Waals surface area contributed by atoms with Crippen LogP contribution in [0.15, 0.2) is 24.3 Å². The summed E-state index contributed by atoms with van der Waals surface area (Å²) in [5.41, 5.74) is 1.01. The van der Waals surface area contributed by atoms with Gasteiger partial charge in [0.15, 0.2) is 0 Å². The molecule has 0 aliphatic carbocycles. The van der Waals surface area contributed by atoms with Crippen LogP contribution >= 0.6 is 0 Å². The van der Waals surface area contributed by atoms with Gasteiger partial charge in [0, 0.05) is 5.69 Å². The van der Waals surface area contributed by atoms with Gasteiger partial charge in [-0.3, -0.25) is 14.4 Å². The molecule has 0 bridgehead atoms. The van der Waals surface area contributed by atoms with Crippen molar-refractivity contribution in [2.45, 2.75) is 12.8 Å². The molecule has 2 N–H and O–H groups in total. The topological polar surface area (TPSA) is 86.7 Å². The van der Waals surface area contributed by atoms with Crippen molar-refractivity contribution in [2.75, 3.05) is 18.0 Å². The molecule has 1 aliphatic rings. The fraction of sp³-hybridized carbons (Fsp3) is 0.308. The second-order valence-corrected chi connectivity index (χ2v) is 4.38. The third-order valence-corrected chi connectivity index (χ3v) is 3.10. The molecule has 0 saturated carbocycles. The monoisotopic (exact) mass is 262 g/mol. The molecule has 2 rings (SSSR count). The Kier molecular flexibility index (Phi) is 3.50. The lowest BCUT2D eigenvalue weighted by atomic mass is 9.98. The van der Waals surface area contributed by atoms with Crippen LogP contribution in [0.1, 0.15) is 18.4 Å². The molecule has 1 aliphatic heterocycles. The Morgan fingerprint density at radius 3 is 2.74 bits per heavy atom. The number of piperazine rings is 1. The number of hydrogen-bond donors (Lipinski definition) is 2. The van der Waals surface area contributed by atoms with Crippen molar-refractivity contribution in [2.24, 2.45) is 0 Å². The molecule has 1 heterocycles. The van der Waals surface area contributed by atoms with Crippen molar-refractivity contribution in [3.8, 4) is 0 Å². The summed E-state index contributed by atoms with van der Waals surface area (Å²) in [6.45, 7) is 1.41. The van der Waals surface area contributed by atoms with E-state index in [1.165, 1.54) is 4.90 Å². The van der Waals surface area contributed by atoms with Crippen LogP contribution in [0.2, 0.25) is 0 Å². The number of hydrogen-bond acceptors (Lipinski definition) is 3. The standard InChI is InChI=1S/C13H14N2O4/c1-8(13(18)19)9-4-2-3-5-10(9)15-7-11(16)14-6-12(15)17/h2-5,8H,6-7H2,1H3,(H,14,16)(H,18,19). The van der Waals surface area contributed by atoms with Crippen molar-refractivity contribution in [3.05, 3.63) is 29.8 Å². The maximum absolute atomic E-state index is 11.8. The third kappa shape index (κ3) is 2.57. The normalized spacial score (nSPS) is 17.0. The summed E-state index contributed by atoms with van der Waals surface area (Å²) in [4.78, 5) is 35.7. The zero-order valence-corrected chi connectivity index (χ0v) is 10.4. The summed E-state index contributed by atoms with van der Waals surface area (Å²) in [5, 5.41) is 11.5. The number of carboxylic acid groups (broad SMARTS) is 1. The summed E-state index contributed by atoms with van der Waals surface area (Å²) in [7, 11) is 0. The molecular formula is C13H14N2O4. The molecule has 1 atom stereocenters. The first-order chi connectivity index (χ1) is 9.00. The van der Waals surface area contributed by atoms with Gasteiger partial charge in [0.2, 0.25) is 11.8 Å². The molecule has 1 aromatic rings. The Balaban J connectivity index is 2.41. The van der Waals surface area contributed by atoms with Gasteiger partial charge in [-0.25, -0.2) is 0 Å². The van der Waals surface area contributed by atoms with Crippen LogP contribution in [0.5, 0.6) is 0 Å². The van der Waals surface area contributed by atoms with E-state index in [-0.39, 0.29) is 24.9 Å². The quantitative estimate of drug-likeness (QED) is 0.822. The van der Waals surface area contributed by atoms with Crippen LogP contribution in [0.4, 0.5) is 5.69 Å².